The lowest BCUT2D eigenvalue weighted by Gasteiger charge is -2.14. The molecule has 2 rings (SSSR count). The number of hydrogen-bond donors (Lipinski definition) is 2. The molecule has 0 radical (unpaired) electrons. The van der Waals surface area contributed by atoms with Crippen LogP contribution in [0.25, 0.3) is 0 Å². The van der Waals surface area contributed by atoms with Crippen LogP contribution in [0.2, 0.25) is 5.02 Å². The van der Waals surface area contributed by atoms with E-state index >= 15 is 0 Å². The van der Waals surface area contributed by atoms with Gasteiger partial charge in [-0.05, 0) is 17.0 Å². The maximum absolute atomic E-state index is 11.7. The van der Waals surface area contributed by atoms with Gasteiger partial charge in [0.2, 0.25) is 0 Å². The van der Waals surface area contributed by atoms with Crippen molar-refractivity contribution in [3.05, 3.63) is 57.2 Å². The van der Waals surface area contributed by atoms with Crippen molar-refractivity contribution in [3.63, 3.8) is 0 Å². The van der Waals surface area contributed by atoms with Crippen molar-refractivity contribution in [3.8, 4) is 0 Å². The molecule has 0 fully saturated rings. The number of carbonyl (C=O) groups is 2. The summed E-state index contributed by atoms with van der Waals surface area (Å²) in [5.74, 6) is -1.14. The second-order valence-electron chi connectivity index (χ2n) is 4.49. The summed E-state index contributed by atoms with van der Waals surface area (Å²) in [6.45, 7) is 0.0821. The fourth-order valence-electron chi connectivity index (χ4n) is 1.76. The lowest BCUT2D eigenvalue weighted by molar-refractivity contribution is -0.139. The Balaban J connectivity index is 1.89. The number of thiophene rings is 1. The topological polar surface area (TPSA) is 75.6 Å². The molecule has 1 unspecified atom stereocenters. The Bertz CT molecular complexity index is 644. The first-order valence-corrected chi connectivity index (χ1v) is 7.74. The van der Waals surface area contributed by atoms with Gasteiger partial charge in [0.05, 0.1) is 5.02 Å². The zero-order valence-corrected chi connectivity index (χ0v) is 13.1. The molecule has 0 bridgehead atoms. The molecule has 1 aromatic carbocycles. The molecule has 7 heteroatoms. The highest BCUT2D eigenvalue weighted by molar-refractivity contribution is 7.10. The number of hydrogen-bond acceptors (Lipinski definition) is 4. The number of aliphatic carboxylic acids is 1. The third kappa shape index (κ3) is 4.75. The molecular formula is C15H14ClNO4S. The summed E-state index contributed by atoms with van der Waals surface area (Å²) in [5.41, 5.74) is 0.825. The van der Waals surface area contributed by atoms with Crippen molar-refractivity contribution in [2.45, 2.75) is 19.1 Å². The molecule has 5 nitrogen and oxygen atoms in total. The number of alkyl carbamates (subject to hydrolysis) is 1. The summed E-state index contributed by atoms with van der Waals surface area (Å²) in [5, 5.41) is 13.8. The maximum atomic E-state index is 11.7. The molecule has 0 saturated heterocycles. The summed E-state index contributed by atoms with van der Waals surface area (Å²) in [6, 6.07) is 9.74. The van der Waals surface area contributed by atoms with Crippen molar-refractivity contribution >= 4 is 35.0 Å². The third-order valence-electron chi connectivity index (χ3n) is 2.88. The number of carbonyl (C=O) groups excluding carboxylic acids is 1. The number of nitrogens with one attached hydrogen (secondary N) is 1. The number of ether oxygens (including phenoxy) is 1. The molecule has 0 aliphatic rings. The van der Waals surface area contributed by atoms with Gasteiger partial charge in [0, 0.05) is 11.3 Å². The van der Waals surface area contributed by atoms with Gasteiger partial charge in [-0.2, -0.15) is 0 Å². The van der Waals surface area contributed by atoms with Gasteiger partial charge in [-0.15, -0.1) is 11.3 Å². The minimum Gasteiger partial charge on any atom is -0.480 e. The Hall–Kier alpha value is -2.05. The van der Waals surface area contributed by atoms with Crippen molar-refractivity contribution in [1.82, 2.24) is 5.32 Å². The monoisotopic (exact) mass is 339 g/mol. The van der Waals surface area contributed by atoms with Crippen LogP contribution in [-0.2, 0) is 22.6 Å². The van der Waals surface area contributed by atoms with E-state index in [1.807, 2.05) is 30.3 Å². The molecule has 0 saturated carbocycles. The zero-order chi connectivity index (χ0) is 15.9. The van der Waals surface area contributed by atoms with Crippen LogP contribution in [0.5, 0.6) is 0 Å². The summed E-state index contributed by atoms with van der Waals surface area (Å²) in [6.07, 6.45) is -0.657. The fraction of sp³-hybridized carbons (Fsp3) is 0.200. The number of amides is 1. The van der Waals surface area contributed by atoms with Gasteiger partial charge in [0.1, 0.15) is 12.6 Å². The van der Waals surface area contributed by atoms with E-state index in [-0.39, 0.29) is 13.0 Å². The van der Waals surface area contributed by atoms with E-state index in [1.165, 1.54) is 11.3 Å². The predicted octanol–water partition coefficient (Wildman–Crippen LogP) is 3.32. The highest BCUT2D eigenvalue weighted by Gasteiger charge is 2.22. The molecule has 1 aromatic heterocycles. The van der Waals surface area contributed by atoms with Crippen LogP contribution in [-0.4, -0.2) is 23.2 Å². The average molecular weight is 340 g/mol. The number of carboxylic acids is 1. The third-order valence-corrected chi connectivity index (χ3v) is 4.29. The molecule has 2 aromatic rings. The van der Waals surface area contributed by atoms with Crippen molar-refractivity contribution in [2.75, 3.05) is 0 Å². The van der Waals surface area contributed by atoms with E-state index in [1.54, 1.807) is 11.4 Å². The highest BCUT2D eigenvalue weighted by atomic mass is 35.5. The van der Waals surface area contributed by atoms with Gasteiger partial charge in [-0.25, -0.2) is 9.59 Å². The molecule has 2 N–H and O–H groups in total. The summed E-state index contributed by atoms with van der Waals surface area (Å²) in [7, 11) is 0. The van der Waals surface area contributed by atoms with Crippen LogP contribution in [0.4, 0.5) is 4.79 Å². The average Bonchev–Trinajstić information content (AvgIpc) is 2.91. The molecule has 116 valence electrons. The Morgan fingerprint density at radius 2 is 2.00 bits per heavy atom. The number of benzene rings is 1. The largest absolute Gasteiger partial charge is 0.480 e. The molecule has 0 aliphatic carbocycles. The standard InChI is InChI=1S/C15H14ClNO4S/c16-11-6-7-22-13(11)8-12(14(18)19)17-15(20)21-9-10-4-2-1-3-5-10/h1-7,12H,8-9H2,(H,17,20)(H,18,19). The summed E-state index contributed by atoms with van der Waals surface area (Å²) < 4.78 is 5.02. The van der Waals surface area contributed by atoms with E-state index in [4.69, 9.17) is 16.3 Å². The Labute approximate surface area is 136 Å². The molecule has 1 amide bonds. The first kappa shape index (κ1) is 16.3. The lowest BCUT2D eigenvalue weighted by Crippen LogP contribution is -2.42. The van der Waals surface area contributed by atoms with E-state index in [0.29, 0.717) is 9.90 Å². The number of carboxylic acid groups (broad SMARTS) is 1. The number of halogens is 1. The van der Waals surface area contributed by atoms with Gasteiger partial charge in [-0.3, -0.25) is 0 Å². The van der Waals surface area contributed by atoms with Gasteiger partial charge in [-0.1, -0.05) is 41.9 Å². The SMILES string of the molecule is O=C(NC(Cc1sccc1Cl)C(=O)O)OCc1ccccc1. The minimum atomic E-state index is -1.14. The highest BCUT2D eigenvalue weighted by Crippen LogP contribution is 2.23. The van der Waals surface area contributed by atoms with Gasteiger partial charge in [0.15, 0.2) is 0 Å². The van der Waals surface area contributed by atoms with Crippen molar-refractivity contribution in [1.29, 1.82) is 0 Å². The van der Waals surface area contributed by atoms with E-state index < -0.39 is 18.1 Å². The first-order valence-electron chi connectivity index (χ1n) is 6.48. The molecule has 0 spiro atoms. The zero-order valence-electron chi connectivity index (χ0n) is 11.5. The van der Waals surface area contributed by atoms with Gasteiger partial charge in [0.25, 0.3) is 0 Å². The summed E-state index contributed by atoms with van der Waals surface area (Å²) >= 11 is 7.29. The Morgan fingerprint density at radius 1 is 1.27 bits per heavy atom. The van der Waals surface area contributed by atoms with Crippen LogP contribution >= 0.6 is 22.9 Å². The maximum Gasteiger partial charge on any atom is 0.408 e. The van der Waals surface area contributed by atoms with Crippen molar-refractivity contribution < 1.29 is 19.4 Å². The number of rotatable bonds is 6. The molecular weight excluding hydrogens is 326 g/mol. The van der Waals surface area contributed by atoms with E-state index in [9.17, 15) is 14.7 Å². The van der Waals surface area contributed by atoms with Crippen LogP contribution in [0.1, 0.15) is 10.4 Å². The van der Waals surface area contributed by atoms with Gasteiger partial charge >= 0.3 is 12.1 Å². The minimum absolute atomic E-state index is 0.0821. The van der Waals surface area contributed by atoms with Crippen molar-refractivity contribution in [2.24, 2.45) is 0 Å². The van der Waals surface area contributed by atoms with Crippen LogP contribution in [0.15, 0.2) is 41.8 Å². The molecule has 22 heavy (non-hydrogen) atoms. The smallest absolute Gasteiger partial charge is 0.408 e. The quantitative estimate of drug-likeness (QED) is 0.846. The second-order valence-corrected chi connectivity index (χ2v) is 5.90. The van der Waals surface area contributed by atoms with E-state index in [2.05, 4.69) is 5.32 Å². The summed E-state index contributed by atoms with van der Waals surface area (Å²) in [4.78, 5) is 23.7. The molecule has 1 heterocycles. The van der Waals surface area contributed by atoms with E-state index in [0.717, 1.165) is 5.56 Å². The van der Waals surface area contributed by atoms with Crippen LogP contribution in [0, 0.1) is 0 Å². The van der Waals surface area contributed by atoms with Gasteiger partial charge < -0.3 is 15.2 Å². The molecule has 0 aliphatic heterocycles. The van der Waals surface area contributed by atoms with Crippen LogP contribution in [0.3, 0.4) is 0 Å². The Kier molecular flexibility index (Phi) is 5.80. The fourth-order valence-corrected chi connectivity index (χ4v) is 2.92. The van der Waals surface area contributed by atoms with Crippen LogP contribution < -0.4 is 5.32 Å². The Morgan fingerprint density at radius 3 is 2.59 bits per heavy atom. The first-order chi connectivity index (χ1) is 10.6. The predicted molar refractivity (Wildman–Crippen MR) is 84.2 cm³/mol. The molecule has 1 atom stereocenters. The lowest BCUT2D eigenvalue weighted by atomic mass is 10.2. The normalized spacial score (nSPS) is 11.7. The second kappa shape index (κ2) is 7.82.